The molecule has 0 rings (SSSR count). The highest BCUT2D eigenvalue weighted by atomic mass is 31.2. The van der Waals surface area contributed by atoms with E-state index < -0.39 is 51.5 Å². The molecule has 0 bridgehead atoms. The average molecular weight is 459 g/mol. The first-order valence-corrected chi connectivity index (χ1v) is 16.3. The molecule has 0 N–H and O–H groups in total. The molecule has 0 aromatic rings. The van der Waals surface area contributed by atoms with Gasteiger partial charge in [-0.05, 0) is 61.2 Å². The number of carbonyl (C=O) groups excluding carboxylic acids is 1. The Morgan fingerprint density at radius 1 is 0.929 bits per heavy atom. The lowest BCUT2D eigenvalue weighted by Crippen LogP contribution is -2.45. The molecule has 0 aliphatic heterocycles. The van der Waals surface area contributed by atoms with E-state index in [9.17, 15) is 13.9 Å². The van der Waals surface area contributed by atoms with Crippen molar-refractivity contribution in [1.29, 1.82) is 0 Å². The summed E-state index contributed by atoms with van der Waals surface area (Å²) < 4.78 is 51.7. The van der Waals surface area contributed by atoms with E-state index in [1.807, 2.05) is 19.6 Å². The van der Waals surface area contributed by atoms with Gasteiger partial charge in [-0.3, -0.25) is 13.9 Å². The van der Waals surface area contributed by atoms with Gasteiger partial charge >= 0.3 is 15.0 Å². The smallest absolute Gasteiger partial charge is 0.371 e. The molecule has 0 radical (unpaired) electrons. The summed E-state index contributed by atoms with van der Waals surface area (Å²) in [5, 5.41) is -2.06. The molecule has 0 saturated heterocycles. The monoisotopic (exact) mass is 458 g/mol. The van der Waals surface area contributed by atoms with Gasteiger partial charge in [-0.2, -0.15) is 0 Å². The summed E-state index contributed by atoms with van der Waals surface area (Å²) in [6, 6.07) is 0. The van der Waals surface area contributed by atoms with Gasteiger partial charge in [0.15, 0.2) is 8.32 Å². The fraction of sp³-hybridized carbons (Fsp3) is 0.944. The van der Waals surface area contributed by atoms with Gasteiger partial charge in [0.05, 0.1) is 18.8 Å². The number of hydrogen-bond acceptors (Lipinski definition) is 7. The molecule has 2 atom stereocenters. The van der Waals surface area contributed by atoms with E-state index in [4.69, 9.17) is 18.0 Å². The van der Waals surface area contributed by atoms with Crippen molar-refractivity contribution in [3.63, 3.8) is 0 Å². The second kappa shape index (κ2) is 9.55. The van der Waals surface area contributed by atoms with Crippen LogP contribution in [0, 0.1) is 5.41 Å². The van der Waals surface area contributed by atoms with Gasteiger partial charge in [0.25, 0.3) is 0 Å². The summed E-state index contributed by atoms with van der Waals surface area (Å²) in [4.78, 5) is 13.3. The zero-order chi connectivity index (χ0) is 22.8. The van der Waals surface area contributed by atoms with Crippen LogP contribution in [-0.4, -0.2) is 37.7 Å². The Morgan fingerprint density at radius 3 is 1.57 bits per heavy atom. The van der Waals surface area contributed by atoms with Gasteiger partial charge in [-0.25, -0.2) is 0 Å². The third-order valence-electron chi connectivity index (χ3n) is 3.47. The van der Waals surface area contributed by atoms with Crippen LogP contribution in [0.5, 0.6) is 0 Å². The Balaban J connectivity index is 7.03. The molecule has 0 saturated carbocycles. The SMILES string of the molecule is CCO[P@@](=O)(C(=O)C(C)(C)C)[C@](C)(O[Si](C)(C)C)P(=O)(OC(C)C)OC(C)C. The van der Waals surface area contributed by atoms with Crippen molar-refractivity contribution in [3.8, 4) is 0 Å². The summed E-state index contributed by atoms with van der Waals surface area (Å²) in [6.07, 6.45) is -1.01. The summed E-state index contributed by atoms with van der Waals surface area (Å²) >= 11 is 0. The third kappa shape index (κ3) is 6.60. The molecule has 0 aromatic heterocycles. The van der Waals surface area contributed by atoms with E-state index >= 15 is 0 Å². The zero-order valence-corrected chi connectivity index (χ0v) is 22.4. The van der Waals surface area contributed by atoms with Crippen LogP contribution >= 0.6 is 15.0 Å². The van der Waals surface area contributed by atoms with Gasteiger partial charge in [0, 0.05) is 5.41 Å². The highest BCUT2D eigenvalue weighted by Gasteiger charge is 2.68. The maximum Gasteiger partial charge on any atom is 0.371 e. The molecule has 0 unspecified atom stereocenters. The van der Waals surface area contributed by atoms with E-state index in [2.05, 4.69) is 0 Å². The van der Waals surface area contributed by atoms with Crippen LogP contribution in [0.2, 0.25) is 19.6 Å². The van der Waals surface area contributed by atoms with Crippen molar-refractivity contribution in [2.75, 3.05) is 6.61 Å². The van der Waals surface area contributed by atoms with Crippen LogP contribution < -0.4 is 0 Å². The van der Waals surface area contributed by atoms with Crippen molar-refractivity contribution in [2.24, 2.45) is 5.41 Å². The quantitative estimate of drug-likeness (QED) is 0.260. The van der Waals surface area contributed by atoms with Crippen molar-refractivity contribution in [2.45, 2.75) is 99.2 Å². The highest BCUT2D eigenvalue weighted by molar-refractivity contribution is 7.86. The molecule has 0 aromatic carbocycles. The Kier molecular flexibility index (Phi) is 9.61. The standard InChI is InChI=1S/C18H40O7P2Si/c1-13-22-26(20,16(19)17(6,7)8)18(9,25-28(10,11)12)27(21,23-14(2)3)24-15(4)5/h14-15H,13H2,1-12H3/t18-,26-/m0/s1. The lowest BCUT2D eigenvalue weighted by atomic mass is 9.99. The van der Waals surface area contributed by atoms with Gasteiger partial charge in [-0.15, -0.1) is 0 Å². The fourth-order valence-electron chi connectivity index (χ4n) is 2.62. The second-order valence-corrected chi connectivity index (χ2v) is 19.2. The fourth-order valence-corrected chi connectivity index (χ4v) is 11.9. The van der Waals surface area contributed by atoms with Crippen molar-refractivity contribution in [3.05, 3.63) is 0 Å². The Morgan fingerprint density at radius 2 is 1.32 bits per heavy atom. The molecule has 0 fully saturated rings. The Hall–Kier alpha value is 0.187. The molecule has 28 heavy (non-hydrogen) atoms. The average Bonchev–Trinajstić information content (AvgIpc) is 2.41. The predicted molar refractivity (Wildman–Crippen MR) is 117 cm³/mol. The molecular formula is C18H40O7P2Si. The third-order valence-corrected chi connectivity index (χ3v) is 11.9. The molecule has 0 spiro atoms. The molecule has 7 nitrogen and oxygen atoms in total. The molecule has 0 aliphatic carbocycles. The topological polar surface area (TPSA) is 88.1 Å². The Labute approximate surface area is 172 Å². The molecule has 10 heteroatoms. The maximum absolute atomic E-state index is 14.3. The van der Waals surface area contributed by atoms with E-state index in [0.717, 1.165) is 0 Å². The molecular weight excluding hydrogens is 418 g/mol. The van der Waals surface area contributed by atoms with Crippen molar-refractivity contribution < 1.29 is 31.9 Å². The Bertz CT molecular complexity index is 621. The first-order valence-electron chi connectivity index (χ1n) is 9.72. The summed E-state index contributed by atoms with van der Waals surface area (Å²) in [7, 11) is -11.0. The first kappa shape index (κ1) is 28.2. The minimum atomic E-state index is -4.32. The lowest BCUT2D eigenvalue weighted by molar-refractivity contribution is -0.119. The molecule has 0 aliphatic rings. The van der Waals surface area contributed by atoms with Crippen LogP contribution in [0.3, 0.4) is 0 Å². The molecule has 0 amide bonds. The molecule has 0 heterocycles. The predicted octanol–water partition coefficient (Wildman–Crippen LogP) is 6.44. The van der Waals surface area contributed by atoms with E-state index in [-0.39, 0.29) is 6.61 Å². The maximum atomic E-state index is 14.3. The van der Waals surface area contributed by atoms with E-state index in [0.29, 0.717) is 0 Å². The van der Waals surface area contributed by atoms with Crippen LogP contribution in [0.4, 0.5) is 0 Å². The lowest BCUT2D eigenvalue weighted by Gasteiger charge is -2.45. The van der Waals surface area contributed by atoms with Gasteiger partial charge in [0.2, 0.25) is 10.6 Å². The minimum absolute atomic E-state index is 0.00684. The summed E-state index contributed by atoms with van der Waals surface area (Å²) in [6.45, 7) is 20.3. The van der Waals surface area contributed by atoms with Gasteiger partial charge in [0.1, 0.15) is 0 Å². The minimum Gasteiger partial charge on any atom is -0.394 e. The zero-order valence-electron chi connectivity index (χ0n) is 19.6. The second-order valence-electron chi connectivity index (χ2n) is 9.48. The van der Waals surface area contributed by atoms with Gasteiger partial charge in [-0.1, -0.05) is 20.8 Å². The number of rotatable bonds is 11. The van der Waals surface area contributed by atoms with E-state index in [1.54, 1.807) is 55.4 Å². The van der Waals surface area contributed by atoms with Crippen LogP contribution in [0.1, 0.15) is 62.3 Å². The number of hydrogen-bond donors (Lipinski definition) is 0. The summed E-state index contributed by atoms with van der Waals surface area (Å²) in [5.74, 6) is 0. The van der Waals surface area contributed by atoms with Crippen LogP contribution in [0.15, 0.2) is 0 Å². The van der Waals surface area contributed by atoms with Crippen molar-refractivity contribution >= 4 is 28.8 Å². The van der Waals surface area contributed by atoms with Crippen LogP contribution in [0.25, 0.3) is 0 Å². The molecule has 168 valence electrons. The van der Waals surface area contributed by atoms with Gasteiger partial charge < -0.3 is 18.0 Å². The summed E-state index contributed by atoms with van der Waals surface area (Å²) in [5.41, 5.74) is -1.66. The van der Waals surface area contributed by atoms with E-state index in [1.165, 1.54) is 6.92 Å². The highest BCUT2D eigenvalue weighted by Crippen LogP contribution is 2.80. The number of carbonyl (C=O) groups is 1. The van der Waals surface area contributed by atoms with Crippen molar-refractivity contribution in [1.82, 2.24) is 0 Å². The first-order chi connectivity index (χ1) is 12.3. The normalized spacial score (nSPS) is 18.2. The largest absolute Gasteiger partial charge is 0.394 e. The van der Waals surface area contributed by atoms with Crippen LogP contribution in [-0.2, 0) is 31.9 Å².